The van der Waals surface area contributed by atoms with Crippen LogP contribution in [0.5, 0.6) is 5.75 Å². The molecule has 0 aliphatic rings. The third kappa shape index (κ3) is 3.05. The van der Waals surface area contributed by atoms with Crippen molar-refractivity contribution in [3.63, 3.8) is 0 Å². The summed E-state index contributed by atoms with van der Waals surface area (Å²) in [4.78, 5) is 23.1. The average Bonchev–Trinajstić information content (AvgIpc) is 2.77. The molecule has 0 saturated heterocycles. The monoisotopic (exact) mass is 277 g/mol. The molecule has 106 valence electrons. The van der Waals surface area contributed by atoms with Crippen LogP contribution in [0.2, 0.25) is 0 Å². The summed E-state index contributed by atoms with van der Waals surface area (Å²) >= 11 is 0. The Kier molecular flexibility index (Phi) is 4.19. The number of para-hydroxylation sites is 1. The van der Waals surface area contributed by atoms with Gasteiger partial charge in [-0.1, -0.05) is 23.4 Å². The molecule has 20 heavy (non-hydrogen) atoms. The first kappa shape index (κ1) is 13.9. The number of hydrogen-bond donors (Lipinski definition) is 1. The highest BCUT2D eigenvalue weighted by molar-refractivity contribution is 5.75. The third-order valence-corrected chi connectivity index (χ3v) is 2.84. The van der Waals surface area contributed by atoms with E-state index in [0.29, 0.717) is 18.1 Å². The van der Waals surface area contributed by atoms with Gasteiger partial charge in [-0.2, -0.15) is 0 Å². The molecule has 0 spiro atoms. The van der Waals surface area contributed by atoms with E-state index in [4.69, 9.17) is 4.74 Å². The Morgan fingerprint density at radius 1 is 1.45 bits per heavy atom. The Bertz CT molecular complexity index is 660. The van der Waals surface area contributed by atoms with Gasteiger partial charge < -0.3 is 10.1 Å². The van der Waals surface area contributed by atoms with Crippen molar-refractivity contribution < 1.29 is 14.1 Å². The summed E-state index contributed by atoms with van der Waals surface area (Å²) < 4.78 is 10.8. The highest BCUT2D eigenvalue weighted by atomic mass is 16.5. The molecule has 0 unspecified atom stereocenters. The Labute approximate surface area is 115 Å². The van der Waals surface area contributed by atoms with E-state index in [1.807, 2.05) is 24.3 Å². The summed E-state index contributed by atoms with van der Waals surface area (Å²) in [7, 11) is 1.57. The van der Waals surface area contributed by atoms with Gasteiger partial charge in [-0.15, -0.1) is 0 Å². The van der Waals surface area contributed by atoms with Crippen LogP contribution in [0, 0.1) is 6.92 Å². The maximum Gasteiger partial charge on any atom is 0.442 e. The first-order valence-corrected chi connectivity index (χ1v) is 6.03. The smallest absolute Gasteiger partial charge is 0.442 e. The molecule has 0 saturated carbocycles. The van der Waals surface area contributed by atoms with E-state index in [1.54, 1.807) is 14.0 Å². The van der Waals surface area contributed by atoms with Crippen LogP contribution in [0.1, 0.15) is 11.4 Å². The number of rotatable bonds is 5. The molecule has 7 nitrogen and oxygen atoms in total. The Morgan fingerprint density at radius 3 is 2.85 bits per heavy atom. The van der Waals surface area contributed by atoms with Crippen LogP contribution in [-0.2, 0) is 17.9 Å². The number of aromatic nitrogens is 2. The Morgan fingerprint density at radius 2 is 2.20 bits per heavy atom. The average molecular weight is 277 g/mol. The molecule has 1 heterocycles. The minimum atomic E-state index is -0.644. The van der Waals surface area contributed by atoms with Gasteiger partial charge in [0.15, 0.2) is 5.82 Å². The fourth-order valence-corrected chi connectivity index (χ4v) is 1.76. The number of nitrogens with one attached hydrogen (secondary N) is 1. The largest absolute Gasteiger partial charge is 0.496 e. The van der Waals surface area contributed by atoms with E-state index in [9.17, 15) is 9.59 Å². The molecule has 1 N–H and O–H groups in total. The molecule has 0 atom stereocenters. The second kappa shape index (κ2) is 6.05. The molecular weight excluding hydrogens is 262 g/mol. The number of hydrogen-bond acceptors (Lipinski definition) is 5. The molecule has 2 aromatic rings. The molecule has 1 amide bonds. The standard InChI is InChI=1S/C13H15N3O4/c1-9-15-20-13(18)16(9)8-12(17)14-7-10-5-3-4-6-11(10)19-2/h3-6H,7-8H2,1-2H3,(H,14,17). The molecule has 0 aliphatic carbocycles. The maximum atomic E-state index is 11.8. The topological polar surface area (TPSA) is 86.4 Å². The highest BCUT2D eigenvalue weighted by Gasteiger charge is 2.11. The van der Waals surface area contributed by atoms with Crippen molar-refractivity contribution in [1.29, 1.82) is 0 Å². The van der Waals surface area contributed by atoms with Gasteiger partial charge in [0.2, 0.25) is 5.91 Å². The number of benzene rings is 1. The van der Waals surface area contributed by atoms with E-state index >= 15 is 0 Å². The van der Waals surface area contributed by atoms with Gasteiger partial charge >= 0.3 is 5.76 Å². The third-order valence-electron chi connectivity index (χ3n) is 2.84. The molecule has 0 bridgehead atoms. The minimum absolute atomic E-state index is 0.122. The summed E-state index contributed by atoms with van der Waals surface area (Å²) in [5, 5.41) is 6.21. The number of nitrogens with zero attached hydrogens (tertiary/aromatic N) is 2. The van der Waals surface area contributed by atoms with Gasteiger partial charge in [0, 0.05) is 12.1 Å². The lowest BCUT2D eigenvalue weighted by molar-refractivity contribution is -0.121. The summed E-state index contributed by atoms with van der Waals surface area (Å²) in [6, 6.07) is 7.38. The van der Waals surface area contributed by atoms with Crippen molar-refractivity contribution in [1.82, 2.24) is 15.0 Å². The lowest BCUT2D eigenvalue weighted by atomic mass is 10.2. The molecule has 0 radical (unpaired) electrons. The van der Waals surface area contributed by atoms with Crippen LogP contribution in [0.15, 0.2) is 33.6 Å². The Balaban J connectivity index is 1.98. The molecule has 7 heteroatoms. The quantitative estimate of drug-likeness (QED) is 0.858. The van der Waals surface area contributed by atoms with Crippen LogP contribution >= 0.6 is 0 Å². The predicted octanol–water partition coefficient (Wildman–Crippen LogP) is 0.470. The first-order chi connectivity index (χ1) is 9.61. The second-order valence-electron chi connectivity index (χ2n) is 4.17. The van der Waals surface area contributed by atoms with E-state index < -0.39 is 5.76 Å². The molecule has 2 rings (SSSR count). The van der Waals surface area contributed by atoms with Crippen LogP contribution in [0.4, 0.5) is 0 Å². The number of ether oxygens (including phenoxy) is 1. The zero-order chi connectivity index (χ0) is 14.5. The number of amides is 1. The fraction of sp³-hybridized carbons (Fsp3) is 0.308. The van der Waals surface area contributed by atoms with Crippen molar-refractivity contribution in [2.45, 2.75) is 20.0 Å². The number of aryl methyl sites for hydroxylation is 1. The minimum Gasteiger partial charge on any atom is -0.496 e. The SMILES string of the molecule is COc1ccccc1CNC(=O)Cn1c(C)noc1=O. The zero-order valence-electron chi connectivity index (χ0n) is 11.3. The van der Waals surface area contributed by atoms with Gasteiger partial charge in [0.25, 0.3) is 0 Å². The molecular formula is C13H15N3O4. The lowest BCUT2D eigenvalue weighted by Gasteiger charge is -2.09. The van der Waals surface area contributed by atoms with Crippen LogP contribution in [-0.4, -0.2) is 22.7 Å². The van der Waals surface area contributed by atoms with Gasteiger partial charge in [-0.3, -0.25) is 13.9 Å². The van der Waals surface area contributed by atoms with Gasteiger partial charge in [0.1, 0.15) is 12.3 Å². The van der Waals surface area contributed by atoms with E-state index in [1.165, 1.54) is 0 Å². The number of carbonyl (C=O) groups is 1. The van der Waals surface area contributed by atoms with E-state index in [-0.39, 0.29) is 12.5 Å². The van der Waals surface area contributed by atoms with E-state index in [0.717, 1.165) is 10.1 Å². The van der Waals surface area contributed by atoms with E-state index in [2.05, 4.69) is 15.0 Å². The van der Waals surface area contributed by atoms with Crippen molar-refractivity contribution in [2.75, 3.05) is 7.11 Å². The Hall–Kier alpha value is -2.57. The van der Waals surface area contributed by atoms with Crippen molar-refractivity contribution in [3.8, 4) is 5.75 Å². The van der Waals surface area contributed by atoms with Gasteiger partial charge in [0.05, 0.1) is 7.11 Å². The fourth-order valence-electron chi connectivity index (χ4n) is 1.76. The second-order valence-corrected chi connectivity index (χ2v) is 4.17. The normalized spacial score (nSPS) is 10.3. The summed E-state index contributed by atoms with van der Waals surface area (Å²) in [6.07, 6.45) is 0. The lowest BCUT2D eigenvalue weighted by Crippen LogP contribution is -2.31. The maximum absolute atomic E-state index is 11.8. The first-order valence-electron chi connectivity index (χ1n) is 6.03. The molecule has 1 aromatic heterocycles. The predicted molar refractivity (Wildman–Crippen MR) is 70.3 cm³/mol. The van der Waals surface area contributed by atoms with Crippen molar-refractivity contribution >= 4 is 5.91 Å². The van der Waals surface area contributed by atoms with Gasteiger partial charge in [-0.25, -0.2) is 4.79 Å². The van der Waals surface area contributed by atoms with Crippen molar-refractivity contribution in [2.24, 2.45) is 0 Å². The molecule has 0 aliphatic heterocycles. The summed E-state index contributed by atoms with van der Waals surface area (Å²) in [5.74, 6) is 0.118. The summed E-state index contributed by atoms with van der Waals surface area (Å²) in [6.45, 7) is 1.80. The van der Waals surface area contributed by atoms with Crippen LogP contribution < -0.4 is 15.8 Å². The summed E-state index contributed by atoms with van der Waals surface area (Å²) in [5.41, 5.74) is 0.859. The van der Waals surface area contributed by atoms with Crippen LogP contribution in [0.3, 0.4) is 0 Å². The number of carbonyl (C=O) groups excluding carboxylic acids is 1. The highest BCUT2D eigenvalue weighted by Crippen LogP contribution is 2.16. The molecule has 0 fully saturated rings. The number of methoxy groups -OCH3 is 1. The zero-order valence-corrected chi connectivity index (χ0v) is 11.3. The van der Waals surface area contributed by atoms with Crippen molar-refractivity contribution in [3.05, 3.63) is 46.2 Å². The molecule has 1 aromatic carbocycles. The van der Waals surface area contributed by atoms with Crippen LogP contribution in [0.25, 0.3) is 0 Å². The van der Waals surface area contributed by atoms with Gasteiger partial charge in [-0.05, 0) is 13.0 Å².